The molecular weight excluding hydrogens is 228 g/mol. The Morgan fingerprint density at radius 1 is 1.31 bits per heavy atom. The minimum Gasteiger partial charge on any atom is -0.355 e. The van der Waals surface area contributed by atoms with Crippen LogP contribution in [0.25, 0.3) is 0 Å². The third-order valence-corrected chi connectivity index (χ3v) is 4.85. The summed E-state index contributed by atoms with van der Waals surface area (Å²) in [6.07, 6.45) is 2.33. The van der Waals surface area contributed by atoms with E-state index in [-0.39, 0.29) is 5.91 Å². The van der Waals surface area contributed by atoms with Gasteiger partial charge in [-0.1, -0.05) is 0 Å². The Labute approximate surface area is 97.0 Å². The normalized spacial score (nSPS) is 23.7. The molecule has 1 amide bonds. The lowest BCUT2D eigenvalue weighted by Gasteiger charge is -2.23. The second-order valence-electron chi connectivity index (χ2n) is 5.07. The third kappa shape index (κ3) is 3.18. The predicted molar refractivity (Wildman–Crippen MR) is 62.5 cm³/mol. The molecule has 1 atom stereocenters. The van der Waals surface area contributed by atoms with E-state index in [1.54, 1.807) is 20.8 Å². The van der Waals surface area contributed by atoms with Crippen LogP contribution >= 0.6 is 0 Å². The number of hydrogen-bond acceptors (Lipinski definition) is 3. The van der Waals surface area contributed by atoms with E-state index in [2.05, 4.69) is 10.0 Å². The summed E-state index contributed by atoms with van der Waals surface area (Å²) in [5, 5.41) is 2.70. The fourth-order valence-electron chi connectivity index (χ4n) is 1.42. The maximum absolute atomic E-state index is 11.9. The molecule has 1 aliphatic heterocycles. The van der Waals surface area contributed by atoms with Crippen LogP contribution in [0.15, 0.2) is 0 Å². The maximum Gasteiger partial charge on any atom is 0.238 e. The van der Waals surface area contributed by atoms with E-state index in [1.807, 2.05) is 0 Å². The lowest BCUT2D eigenvalue weighted by atomic mass is 10.1. The van der Waals surface area contributed by atoms with Crippen molar-refractivity contribution in [2.75, 3.05) is 6.54 Å². The Morgan fingerprint density at radius 3 is 2.50 bits per heavy atom. The molecule has 0 spiro atoms. The van der Waals surface area contributed by atoms with Gasteiger partial charge in [0.2, 0.25) is 15.9 Å². The SMILES string of the molecule is CC(C)(C)S(=O)(=O)NC1CCCCNC1=O. The van der Waals surface area contributed by atoms with E-state index in [4.69, 9.17) is 0 Å². The van der Waals surface area contributed by atoms with Crippen molar-refractivity contribution in [2.24, 2.45) is 0 Å². The van der Waals surface area contributed by atoms with Gasteiger partial charge < -0.3 is 5.32 Å². The van der Waals surface area contributed by atoms with Crippen molar-refractivity contribution < 1.29 is 13.2 Å². The Kier molecular flexibility index (Phi) is 3.96. The van der Waals surface area contributed by atoms with Crippen molar-refractivity contribution in [3.63, 3.8) is 0 Å². The van der Waals surface area contributed by atoms with Crippen molar-refractivity contribution in [1.82, 2.24) is 10.0 Å². The molecule has 1 rings (SSSR count). The van der Waals surface area contributed by atoms with Gasteiger partial charge in [-0.3, -0.25) is 4.79 Å². The summed E-state index contributed by atoms with van der Waals surface area (Å²) in [5.41, 5.74) is 0. The molecule has 16 heavy (non-hydrogen) atoms. The Hall–Kier alpha value is -0.620. The van der Waals surface area contributed by atoms with E-state index in [9.17, 15) is 13.2 Å². The first-order valence-electron chi connectivity index (χ1n) is 5.53. The highest BCUT2D eigenvalue weighted by Gasteiger charge is 2.33. The summed E-state index contributed by atoms with van der Waals surface area (Å²) in [5.74, 6) is -0.217. The molecular formula is C10H20N2O3S. The van der Waals surface area contributed by atoms with Gasteiger partial charge in [-0.25, -0.2) is 13.1 Å². The molecule has 0 aromatic rings. The first-order valence-corrected chi connectivity index (χ1v) is 7.02. The second kappa shape index (κ2) is 4.71. The first-order chi connectivity index (χ1) is 7.24. The second-order valence-corrected chi connectivity index (χ2v) is 7.54. The van der Waals surface area contributed by atoms with Crippen LogP contribution in [-0.2, 0) is 14.8 Å². The Bertz CT molecular complexity index is 357. The summed E-state index contributed by atoms with van der Waals surface area (Å²) in [6, 6.07) is -0.619. The summed E-state index contributed by atoms with van der Waals surface area (Å²) in [6.45, 7) is 5.48. The van der Waals surface area contributed by atoms with Crippen molar-refractivity contribution in [2.45, 2.75) is 50.8 Å². The molecule has 0 saturated carbocycles. The van der Waals surface area contributed by atoms with Crippen molar-refractivity contribution in [3.05, 3.63) is 0 Å². The highest BCUT2D eigenvalue weighted by molar-refractivity contribution is 7.90. The van der Waals surface area contributed by atoms with Gasteiger partial charge in [-0.05, 0) is 40.0 Å². The van der Waals surface area contributed by atoms with Crippen LogP contribution in [0.2, 0.25) is 0 Å². The van der Waals surface area contributed by atoms with Crippen LogP contribution < -0.4 is 10.0 Å². The van der Waals surface area contributed by atoms with E-state index in [0.29, 0.717) is 13.0 Å². The molecule has 1 heterocycles. The third-order valence-electron chi connectivity index (χ3n) is 2.64. The van der Waals surface area contributed by atoms with E-state index >= 15 is 0 Å². The molecule has 94 valence electrons. The van der Waals surface area contributed by atoms with Gasteiger partial charge in [-0.2, -0.15) is 0 Å². The molecule has 1 fully saturated rings. The minimum atomic E-state index is -3.46. The average molecular weight is 248 g/mol. The number of carbonyl (C=O) groups is 1. The molecule has 1 aliphatic rings. The van der Waals surface area contributed by atoms with Crippen LogP contribution in [0.5, 0.6) is 0 Å². The molecule has 5 nitrogen and oxygen atoms in total. The van der Waals surface area contributed by atoms with Gasteiger partial charge in [-0.15, -0.1) is 0 Å². The van der Waals surface area contributed by atoms with Gasteiger partial charge >= 0.3 is 0 Å². The minimum absolute atomic E-state index is 0.217. The highest BCUT2D eigenvalue weighted by Crippen LogP contribution is 2.16. The molecule has 0 radical (unpaired) electrons. The monoisotopic (exact) mass is 248 g/mol. The summed E-state index contributed by atoms with van der Waals surface area (Å²) in [4.78, 5) is 11.6. The van der Waals surface area contributed by atoms with E-state index in [1.165, 1.54) is 0 Å². The number of sulfonamides is 1. The smallest absolute Gasteiger partial charge is 0.238 e. The lowest BCUT2D eigenvalue weighted by Crippen LogP contribution is -2.50. The van der Waals surface area contributed by atoms with Crippen LogP contribution in [0, 0.1) is 0 Å². The zero-order valence-electron chi connectivity index (χ0n) is 10.0. The number of rotatable bonds is 2. The van der Waals surface area contributed by atoms with E-state index < -0.39 is 20.8 Å². The Balaban J connectivity index is 2.76. The van der Waals surface area contributed by atoms with Gasteiger partial charge in [0.25, 0.3) is 0 Å². The van der Waals surface area contributed by atoms with Gasteiger partial charge in [0.15, 0.2) is 0 Å². The molecule has 1 saturated heterocycles. The van der Waals surface area contributed by atoms with Crippen LogP contribution in [0.3, 0.4) is 0 Å². The summed E-state index contributed by atoms with van der Waals surface area (Å²) in [7, 11) is -3.46. The van der Waals surface area contributed by atoms with Gasteiger partial charge in [0, 0.05) is 6.54 Å². The molecule has 6 heteroatoms. The quantitative estimate of drug-likeness (QED) is 0.741. The van der Waals surface area contributed by atoms with Crippen LogP contribution in [-0.4, -0.2) is 31.7 Å². The molecule has 0 aromatic carbocycles. The maximum atomic E-state index is 11.9. The summed E-state index contributed by atoms with van der Waals surface area (Å²) >= 11 is 0. The highest BCUT2D eigenvalue weighted by atomic mass is 32.2. The predicted octanol–water partition coefficient (Wildman–Crippen LogP) is 0.373. The zero-order chi connectivity index (χ0) is 12.4. The topological polar surface area (TPSA) is 75.3 Å². The molecule has 2 N–H and O–H groups in total. The van der Waals surface area contributed by atoms with Gasteiger partial charge in [0.1, 0.15) is 6.04 Å². The van der Waals surface area contributed by atoms with E-state index in [0.717, 1.165) is 12.8 Å². The van der Waals surface area contributed by atoms with Crippen LogP contribution in [0.1, 0.15) is 40.0 Å². The lowest BCUT2D eigenvalue weighted by molar-refractivity contribution is -0.122. The molecule has 1 unspecified atom stereocenters. The Morgan fingerprint density at radius 2 is 1.94 bits per heavy atom. The number of carbonyl (C=O) groups excluding carboxylic acids is 1. The van der Waals surface area contributed by atoms with Crippen molar-refractivity contribution in [1.29, 1.82) is 0 Å². The first kappa shape index (κ1) is 13.4. The molecule has 0 aromatic heterocycles. The zero-order valence-corrected chi connectivity index (χ0v) is 10.9. The standard InChI is InChI=1S/C10H20N2O3S/c1-10(2,3)16(14,15)12-8-6-4-5-7-11-9(8)13/h8,12H,4-7H2,1-3H3,(H,11,13). The largest absolute Gasteiger partial charge is 0.355 e. The van der Waals surface area contributed by atoms with Gasteiger partial charge in [0.05, 0.1) is 4.75 Å². The number of amides is 1. The van der Waals surface area contributed by atoms with Crippen LogP contribution in [0.4, 0.5) is 0 Å². The summed E-state index contributed by atoms with van der Waals surface area (Å²) < 4.78 is 25.4. The molecule has 0 aliphatic carbocycles. The van der Waals surface area contributed by atoms with Crippen molar-refractivity contribution >= 4 is 15.9 Å². The van der Waals surface area contributed by atoms with Crippen molar-refractivity contribution in [3.8, 4) is 0 Å². The average Bonchev–Trinajstić information content (AvgIpc) is 2.30. The molecule has 0 bridgehead atoms. The fraction of sp³-hybridized carbons (Fsp3) is 0.900. The number of nitrogens with one attached hydrogen (secondary N) is 2. The number of hydrogen-bond donors (Lipinski definition) is 2. The fourth-order valence-corrected chi connectivity index (χ4v) is 2.37.